The largest absolute Gasteiger partial charge is 0.292 e. The minimum atomic E-state index is -0.0817. The van der Waals surface area contributed by atoms with Crippen molar-refractivity contribution in [2.75, 3.05) is 0 Å². The molecule has 0 N–H and O–H groups in total. The first-order chi connectivity index (χ1) is 5.24. The Hall–Kier alpha value is -1.03. The molecule has 0 fully saturated rings. The number of Topliss-reactive ketones (excluding diaryl/α,β-unsaturated/α-hetero) is 1. The summed E-state index contributed by atoms with van der Waals surface area (Å²) in [5.41, 5.74) is 0.271. The molecule has 0 unspecified atom stereocenters. The lowest BCUT2D eigenvalue weighted by molar-refractivity contribution is 0.0982. The molecule has 0 saturated carbocycles. The van der Waals surface area contributed by atoms with Crippen molar-refractivity contribution in [1.82, 2.24) is 15.2 Å². The molecule has 11 heavy (non-hydrogen) atoms. The molecule has 4 nitrogen and oxygen atoms in total. The van der Waals surface area contributed by atoms with Crippen molar-refractivity contribution < 1.29 is 4.79 Å². The van der Waals surface area contributed by atoms with Gasteiger partial charge in [0, 0.05) is 6.42 Å². The van der Waals surface area contributed by atoms with E-state index in [1.165, 1.54) is 6.20 Å². The Morgan fingerprint density at radius 2 is 2.45 bits per heavy atom. The van der Waals surface area contributed by atoms with Crippen LogP contribution in [0.2, 0.25) is 5.28 Å². The molecule has 58 valence electrons. The molecule has 0 aliphatic rings. The second kappa shape index (κ2) is 3.39. The van der Waals surface area contributed by atoms with Gasteiger partial charge in [-0.15, -0.1) is 5.10 Å². The van der Waals surface area contributed by atoms with Gasteiger partial charge in [0.15, 0.2) is 5.78 Å². The van der Waals surface area contributed by atoms with Gasteiger partial charge in [0.05, 0.1) is 6.20 Å². The van der Waals surface area contributed by atoms with Gasteiger partial charge < -0.3 is 0 Å². The molecule has 0 amide bonds. The minimum Gasteiger partial charge on any atom is -0.292 e. The molecular formula is C6H6ClN3O. The van der Waals surface area contributed by atoms with Crippen LogP contribution in [-0.2, 0) is 0 Å². The average molecular weight is 172 g/mol. The van der Waals surface area contributed by atoms with E-state index in [1.54, 1.807) is 6.92 Å². The monoisotopic (exact) mass is 171 g/mol. The summed E-state index contributed by atoms with van der Waals surface area (Å²) in [6.45, 7) is 1.75. The molecule has 1 heterocycles. The lowest BCUT2D eigenvalue weighted by atomic mass is 10.2. The van der Waals surface area contributed by atoms with Crippen molar-refractivity contribution >= 4 is 17.4 Å². The molecular weight excluding hydrogens is 166 g/mol. The van der Waals surface area contributed by atoms with Gasteiger partial charge in [0.2, 0.25) is 5.28 Å². The molecule has 0 spiro atoms. The third-order valence-electron chi connectivity index (χ3n) is 1.14. The maximum absolute atomic E-state index is 11.0. The average Bonchev–Trinajstić information content (AvgIpc) is 2.03. The van der Waals surface area contributed by atoms with Gasteiger partial charge in [-0.1, -0.05) is 6.92 Å². The van der Waals surface area contributed by atoms with Crippen LogP contribution in [0.3, 0.4) is 0 Å². The van der Waals surface area contributed by atoms with Crippen LogP contribution in [0.15, 0.2) is 6.20 Å². The standard InChI is InChI=1S/C6H6ClN3O/c1-2-5(11)4-3-8-10-6(7)9-4/h3H,2H2,1H3. The van der Waals surface area contributed by atoms with Crippen LogP contribution in [0.25, 0.3) is 0 Å². The zero-order valence-corrected chi connectivity index (χ0v) is 6.67. The molecule has 1 aromatic heterocycles. The van der Waals surface area contributed by atoms with Crippen LogP contribution in [-0.4, -0.2) is 21.0 Å². The molecule has 0 aliphatic heterocycles. The van der Waals surface area contributed by atoms with E-state index < -0.39 is 0 Å². The van der Waals surface area contributed by atoms with Crippen LogP contribution < -0.4 is 0 Å². The summed E-state index contributed by atoms with van der Waals surface area (Å²) in [6, 6.07) is 0. The summed E-state index contributed by atoms with van der Waals surface area (Å²) < 4.78 is 0. The van der Waals surface area contributed by atoms with E-state index >= 15 is 0 Å². The molecule has 0 atom stereocenters. The van der Waals surface area contributed by atoms with Crippen LogP contribution >= 0.6 is 11.6 Å². The molecule has 0 aliphatic carbocycles. The molecule has 0 bridgehead atoms. The SMILES string of the molecule is CCC(=O)c1cnnc(Cl)n1. The van der Waals surface area contributed by atoms with Gasteiger partial charge in [0.1, 0.15) is 5.69 Å². The minimum absolute atomic E-state index is 0.00398. The lowest BCUT2D eigenvalue weighted by Gasteiger charge is -1.93. The highest BCUT2D eigenvalue weighted by molar-refractivity contribution is 6.28. The third kappa shape index (κ3) is 1.94. The van der Waals surface area contributed by atoms with Crippen molar-refractivity contribution in [2.24, 2.45) is 0 Å². The Morgan fingerprint density at radius 1 is 1.73 bits per heavy atom. The maximum atomic E-state index is 11.0. The first-order valence-electron chi connectivity index (χ1n) is 3.12. The van der Waals surface area contributed by atoms with E-state index in [9.17, 15) is 4.79 Å². The number of ketones is 1. The summed E-state index contributed by atoms with van der Waals surface area (Å²) >= 11 is 5.41. The van der Waals surface area contributed by atoms with Crippen LogP contribution in [0.1, 0.15) is 23.8 Å². The Kier molecular flexibility index (Phi) is 2.48. The van der Waals surface area contributed by atoms with Gasteiger partial charge >= 0.3 is 0 Å². The Balaban J connectivity index is 2.96. The number of carbonyl (C=O) groups excluding carboxylic acids is 1. The number of carbonyl (C=O) groups is 1. The molecule has 5 heteroatoms. The normalized spacial score (nSPS) is 9.64. The van der Waals surface area contributed by atoms with Crippen LogP contribution in [0, 0.1) is 0 Å². The highest BCUT2D eigenvalue weighted by Gasteiger charge is 2.05. The summed E-state index contributed by atoms with van der Waals surface area (Å²) in [7, 11) is 0. The van der Waals surface area contributed by atoms with E-state index in [2.05, 4.69) is 15.2 Å². The Labute approximate surface area is 68.6 Å². The maximum Gasteiger partial charge on any atom is 0.243 e. The lowest BCUT2D eigenvalue weighted by Crippen LogP contribution is -2.02. The fraction of sp³-hybridized carbons (Fsp3) is 0.333. The van der Waals surface area contributed by atoms with E-state index in [1.807, 2.05) is 0 Å². The smallest absolute Gasteiger partial charge is 0.243 e. The van der Waals surface area contributed by atoms with Crippen LogP contribution in [0.5, 0.6) is 0 Å². The highest BCUT2D eigenvalue weighted by atomic mass is 35.5. The zero-order valence-electron chi connectivity index (χ0n) is 5.91. The van der Waals surface area contributed by atoms with Crippen molar-refractivity contribution in [2.45, 2.75) is 13.3 Å². The predicted molar refractivity (Wildman–Crippen MR) is 39.5 cm³/mol. The Bertz CT molecular complexity index is 276. The summed E-state index contributed by atoms with van der Waals surface area (Å²) in [4.78, 5) is 14.7. The Morgan fingerprint density at radius 3 is 3.00 bits per heavy atom. The van der Waals surface area contributed by atoms with E-state index in [4.69, 9.17) is 11.6 Å². The summed E-state index contributed by atoms with van der Waals surface area (Å²) in [5, 5.41) is 6.90. The molecule has 0 aromatic carbocycles. The van der Waals surface area contributed by atoms with Crippen molar-refractivity contribution in [3.8, 4) is 0 Å². The first kappa shape index (κ1) is 8.07. The number of nitrogens with zero attached hydrogens (tertiary/aromatic N) is 3. The van der Waals surface area contributed by atoms with Crippen molar-refractivity contribution in [1.29, 1.82) is 0 Å². The number of rotatable bonds is 2. The second-order valence-corrected chi connectivity index (χ2v) is 2.23. The van der Waals surface area contributed by atoms with Gasteiger partial charge in [0.25, 0.3) is 0 Å². The zero-order chi connectivity index (χ0) is 8.27. The van der Waals surface area contributed by atoms with Gasteiger partial charge in [-0.05, 0) is 11.6 Å². The van der Waals surface area contributed by atoms with E-state index in [0.29, 0.717) is 6.42 Å². The highest BCUT2D eigenvalue weighted by Crippen LogP contribution is 2.00. The second-order valence-electron chi connectivity index (χ2n) is 1.89. The summed E-state index contributed by atoms with van der Waals surface area (Å²) in [5.74, 6) is -0.0817. The third-order valence-corrected chi connectivity index (χ3v) is 1.30. The fourth-order valence-corrected chi connectivity index (χ4v) is 0.732. The van der Waals surface area contributed by atoms with Crippen molar-refractivity contribution in [3.63, 3.8) is 0 Å². The quantitative estimate of drug-likeness (QED) is 0.626. The number of aromatic nitrogens is 3. The summed E-state index contributed by atoms with van der Waals surface area (Å²) in [6.07, 6.45) is 1.70. The molecule has 0 saturated heterocycles. The van der Waals surface area contributed by atoms with Gasteiger partial charge in [-0.25, -0.2) is 4.98 Å². The number of hydrogen-bond donors (Lipinski definition) is 0. The topological polar surface area (TPSA) is 55.7 Å². The molecule has 0 radical (unpaired) electrons. The predicted octanol–water partition coefficient (Wildman–Crippen LogP) is 1.12. The van der Waals surface area contributed by atoms with E-state index in [0.717, 1.165) is 0 Å². The van der Waals surface area contributed by atoms with Gasteiger partial charge in [-0.2, -0.15) is 5.10 Å². The van der Waals surface area contributed by atoms with Crippen molar-refractivity contribution in [3.05, 3.63) is 17.2 Å². The van der Waals surface area contributed by atoms with Crippen LogP contribution in [0.4, 0.5) is 0 Å². The molecule has 1 aromatic rings. The van der Waals surface area contributed by atoms with E-state index in [-0.39, 0.29) is 16.8 Å². The van der Waals surface area contributed by atoms with Gasteiger partial charge in [-0.3, -0.25) is 4.79 Å². The number of hydrogen-bond acceptors (Lipinski definition) is 4. The molecule has 1 rings (SSSR count). The first-order valence-corrected chi connectivity index (χ1v) is 3.50. The fourth-order valence-electron chi connectivity index (χ4n) is 0.597. The number of halogens is 1.